The molecule has 1 unspecified atom stereocenters. The van der Waals surface area contributed by atoms with E-state index in [1.54, 1.807) is 48.5 Å². The first-order valence-electron chi connectivity index (χ1n) is 7.96. The maximum atomic E-state index is 13.0. The third-order valence-corrected chi connectivity index (χ3v) is 5.01. The molecule has 1 aliphatic rings. The van der Waals surface area contributed by atoms with Crippen molar-refractivity contribution in [2.24, 2.45) is 0 Å². The number of hydrazine groups is 1. The molecular weight excluding hydrogens is 425 g/mol. The van der Waals surface area contributed by atoms with Gasteiger partial charge in [-0.05, 0) is 35.4 Å². The summed E-state index contributed by atoms with van der Waals surface area (Å²) in [6.07, 6.45) is 0. The van der Waals surface area contributed by atoms with Crippen LogP contribution in [0.5, 0.6) is 0 Å². The summed E-state index contributed by atoms with van der Waals surface area (Å²) in [7, 11) is 0. The molecule has 28 heavy (non-hydrogen) atoms. The highest BCUT2D eigenvalue weighted by atomic mass is 35.5. The van der Waals surface area contributed by atoms with E-state index < -0.39 is 23.1 Å². The summed E-state index contributed by atoms with van der Waals surface area (Å²) in [6, 6.07) is 12.8. The first-order valence-corrected chi connectivity index (χ1v) is 9.23. The molecule has 0 aromatic heterocycles. The van der Waals surface area contributed by atoms with Crippen LogP contribution in [0.1, 0.15) is 16.4 Å². The Morgan fingerprint density at radius 3 is 2.14 bits per heavy atom. The Labute approximate surface area is 176 Å². The second-order valence-electron chi connectivity index (χ2n) is 5.89. The lowest BCUT2D eigenvalue weighted by molar-refractivity contribution is -0.152. The minimum atomic E-state index is -0.853. The second kappa shape index (κ2) is 9.29. The van der Waals surface area contributed by atoms with Crippen LogP contribution in [0.25, 0.3) is 0 Å². The van der Waals surface area contributed by atoms with Gasteiger partial charge in [-0.25, -0.2) is 14.8 Å². The summed E-state index contributed by atoms with van der Waals surface area (Å²) >= 11 is 16.1. The Bertz CT molecular complexity index is 877. The van der Waals surface area contributed by atoms with Crippen molar-refractivity contribution in [1.29, 1.82) is 0 Å². The van der Waals surface area contributed by atoms with Crippen LogP contribution in [0.2, 0.25) is 10.0 Å². The molecule has 2 aromatic carbocycles. The summed E-state index contributed by atoms with van der Waals surface area (Å²) in [5.41, 5.74) is 1.36. The zero-order valence-electron chi connectivity index (χ0n) is 14.4. The fraction of sp³-hybridized carbons (Fsp3) is 0.167. The van der Waals surface area contributed by atoms with Crippen LogP contribution in [-0.4, -0.2) is 39.9 Å². The highest BCUT2D eigenvalue weighted by molar-refractivity contribution is 7.81. The standard InChI is InChI=1S/C18H15Cl2N3O3S.H2O/c19-13-5-1-11(2-6-13)9-23-18(26)21-15(24)10-22(23)17(25)16(27)12-3-7-14(20)8-4-12;/h1-8,16,27H,9-10H2,(H,21,24,26);1H2. The SMILES string of the molecule is O.O=C1CN(C(=O)C(S)c2ccc(Cl)cc2)N(Cc2ccc(Cl)cc2)C(=O)N1. The van der Waals surface area contributed by atoms with Crippen LogP contribution in [0.15, 0.2) is 48.5 Å². The molecule has 0 radical (unpaired) electrons. The van der Waals surface area contributed by atoms with Gasteiger partial charge in [0.05, 0.1) is 6.54 Å². The smallest absolute Gasteiger partial charge is 0.343 e. The number of carbonyl (C=O) groups is 3. The minimum Gasteiger partial charge on any atom is -0.412 e. The van der Waals surface area contributed by atoms with E-state index in [2.05, 4.69) is 17.9 Å². The summed E-state index contributed by atoms with van der Waals surface area (Å²) in [5, 5.41) is 4.75. The van der Waals surface area contributed by atoms with Crippen LogP contribution in [0, 0.1) is 0 Å². The van der Waals surface area contributed by atoms with Gasteiger partial charge in [0.15, 0.2) is 0 Å². The fourth-order valence-corrected chi connectivity index (χ4v) is 3.16. The van der Waals surface area contributed by atoms with E-state index in [1.165, 1.54) is 5.01 Å². The van der Waals surface area contributed by atoms with Crippen LogP contribution < -0.4 is 5.32 Å². The first kappa shape index (κ1) is 22.0. The van der Waals surface area contributed by atoms with Crippen LogP contribution >= 0.6 is 35.8 Å². The van der Waals surface area contributed by atoms with Gasteiger partial charge in [0.1, 0.15) is 11.8 Å². The molecule has 0 saturated carbocycles. The zero-order chi connectivity index (χ0) is 19.6. The highest BCUT2D eigenvalue weighted by Crippen LogP contribution is 2.26. The molecule has 4 amide bonds. The van der Waals surface area contributed by atoms with E-state index in [4.69, 9.17) is 23.2 Å². The number of hydrogen-bond acceptors (Lipinski definition) is 4. The molecule has 1 aliphatic heterocycles. The average molecular weight is 442 g/mol. The average Bonchev–Trinajstić information content (AvgIpc) is 2.64. The van der Waals surface area contributed by atoms with Gasteiger partial charge >= 0.3 is 6.03 Å². The Morgan fingerprint density at radius 1 is 1.04 bits per heavy atom. The van der Waals surface area contributed by atoms with Crippen molar-refractivity contribution in [3.63, 3.8) is 0 Å². The van der Waals surface area contributed by atoms with Crippen molar-refractivity contribution in [2.75, 3.05) is 6.54 Å². The van der Waals surface area contributed by atoms with E-state index in [0.29, 0.717) is 15.6 Å². The van der Waals surface area contributed by atoms with Crippen molar-refractivity contribution in [3.8, 4) is 0 Å². The Hall–Kier alpha value is -2.26. The number of thiol groups is 1. The van der Waals surface area contributed by atoms with Crippen molar-refractivity contribution in [3.05, 3.63) is 69.7 Å². The molecule has 1 saturated heterocycles. The molecule has 148 valence electrons. The normalized spacial score (nSPS) is 15.0. The number of hydrogen-bond donors (Lipinski definition) is 2. The number of amides is 4. The maximum absolute atomic E-state index is 13.0. The molecule has 1 fully saturated rings. The molecule has 0 spiro atoms. The number of benzene rings is 2. The molecule has 1 heterocycles. The molecule has 0 bridgehead atoms. The topological polar surface area (TPSA) is 101 Å². The highest BCUT2D eigenvalue weighted by Gasteiger charge is 2.36. The minimum absolute atomic E-state index is 0. The lowest BCUT2D eigenvalue weighted by Crippen LogP contribution is -2.62. The summed E-state index contributed by atoms with van der Waals surface area (Å²) < 4.78 is 0. The van der Waals surface area contributed by atoms with E-state index in [-0.39, 0.29) is 18.6 Å². The van der Waals surface area contributed by atoms with Crippen LogP contribution in [0.4, 0.5) is 4.79 Å². The number of urea groups is 1. The first-order chi connectivity index (χ1) is 12.8. The third-order valence-electron chi connectivity index (χ3n) is 3.99. The number of rotatable bonds is 4. The van der Waals surface area contributed by atoms with Crippen LogP contribution in [-0.2, 0) is 16.1 Å². The molecule has 0 aliphatic carbocycles. The third kappa shape index (κ3) is 4.96. The van der Waals surface area contributed by atoms with E-state index >= 15 is 0 Å². The Morgan fingerprint density at radius 2 is 1.57 bits per heavy atom. The van der Waals surface area contributed by atoms with Gasteiger partial charge in [0.2, 0.25) is 5.91 Å². The second-order valence-corrected chi connectivity index (χ2v) is 7.28. The van der Waals surface area contributed by atoms with Crippen molar-refractivity contribution >= 4 is 53.7 Å². The van der Waals surface area contributed by atoms with E-state index in [0.717, 1.165) is 10.6 Å². The van der Waals surface area contributed by atoms with E-state index in [9.17, 15) is 14.4 Å². The predicted molar refractivity (Wildman–Crippen MR) is 109 cm³/mol. The number of halogens is 2. The molecule has 3 N–H and O–H groups in total. The van der Waals surface area contributed by atoms with Gasteiger partial charge in [-0.1, -0.05) is 47.5 Å². The van der Waals surface area contributed by atoms with Gasteiger partial charge < -0.3 is 5.48 Å². The van der Waals surface area contributed by atoms with Crippen molar-refractivity contribution in [2.45, 2.75) is 11.8 Å². The Balaban J connectivity index is 0.00000280. The lowest BCUT2D eigenvalue weighted by Gasteiger charge is -2.38. The molecule has 1 atom stereocenters. The van der Waals surface area contributed by atoms with Gasteiger partial charge in [-0.3, -0.25) is 14.9 Å². The summed E-state index contributed by atoms with van der Waals surface area (Å²) in [4.78, 5) is 37.1. The van der Waals surface area contributed by atoms with Crippen molar-refractivity contribution in [1.82, 2.24) is 15.3 Å². The molecule has 2 aromatic rings. The van der Waals surface area contributed by atoms with Gasteiger partial charge in [0.25, 0.3) is 5.91 Å². The predicted octanol–water partition coefficient (Wildman–Crippen LogP) is 2.64. The number of imide groups is 1. The molecule has 10 heteroatoms. The number of nitrogens with zero attached hydrogens (tertiary/aromatic N) is 2. The largest absolute Gasteiger partial charge is 0.412 e. The Kier molecular flexibility index (Phi) is 7.31. The van der Waals surface area contributed by atoms with Crippen LogP contribution in [0.3, 0.4) is 0 Å². The molecular formula is C18H17Cl2N3O4S. The van der Waals surface area contributed by atoms with Gasteiger partial charge in [0, 0.05) is 10.0 Å². The molecule has 7 nitrogen and oxygen atoms in total. The summed E-state index contributed by atoms with van der Waals surface area (Å²) in [6.45, 7) is -0.175. The van der Waals surface area contributed by atoms with E-state index in [1.807, 2.05) is 0 Å². The van der Waals surface area contributed by atoms with Gasteiger partial charge in [-0.15, -0.1) is 0 Å². The summed E-state index contributed by atoms with van der Waals surface area (Å²) in [5.74, 6) is -1.05. The molecule has 3 rings (SSSR count). The zero-order valence-corrected chi connectivity index (χ0v) is 16.8. The monoisotopic (exact) mass is 441 g/mol. The lowest BCUT2D eigenvalue weighted by atomic mass is 10.1. The quantitative estimate of drug-likeness (QED) is 0.712. The number of nitrogens with one attached hydrogen (secondary N) is 1. The van der Waals surface area contributed by atoms with Gasteiger partial charge in [-0.2, -0.15) is 12.6 Å². The van der Waals surface area contributed by atoms with Crippen molar-refractivity contribution < 1.29 is 19.9 Å². The fourth-order valence-electron chi connectivity index (χ4n) is 2.60. The maximum Gasteiger partial charge on any atom is 0.343 e. The number of carbonyl (C=O) groups excluding carboxylic acids is 3.